The van der Waals surface area contributed by atoms with Crippen molar-refractivity contribution in [3.8, 4) is 22.6 Å². The summed E-state index contributed by atoms with van der Waals surface area (Å²) in [5.41, 5.74) is 2.44. The lowest BCUT2D eigenvalue weighted by Crippen LogP contribution is -2.27. The lowest BCUT2D eigenvalue weighted by molar-refractivity contribution is 0.399. The summed E-state index contributed by atoms with van der Waals surface area (Å²) in [7, 11) is -1.83. The highest BCUT2D eigenvalue weighted by atomic mass is 32.2. The molecule has 9 nitrogen and oxygen atoms in total. The van der Waals surface area contributed by atoms with Crippen LogP contribution in [0.25, 0.3) is 16.8 Å². The van der Waals surface area contributed by atoms with Crippen LogP contribution in [0.1, 0.15) is 31.9 Å². The minimum absolute atomic E-state index is 0.300. The summed E-state index contributed by atoms with van der Waals surface area (Å²) in [6.45, 7) is 6.13. The number of aromatic nitrogens is 2. The van der Waals surface area contributed by atoms with Crippen molar-refractivity contribution in [3.63, 3.8) is 0 Å². The molecule has 0 aliphatic heterocycles. The van der Waals surface area contributed by atoms with E-state index in [0.29, 0.717) is 17.0 Å². The molecule has 0 aliphatic carbocycles. The molecule has 174 valence electrons. The Morgan fingerprint density at radius 1 is 1.09 bits per heavy atom. The third-order valence-corrected chi connectivity index (χ3v) is 5.28. The van der Waals surface area contributed by atoms with Crippen molar-refractivity contribution in [2.75, 3.05) is 13.4 Å². The van der Waals surface area contributed by atoms with E-state index < -0.39 is 21.3 Å². The van der Waals surface area contributed by atoms with E-state index in [1.54, 1.807) is 19.2 Å². The quantitative estimate of drug-likeness (QED) is 0.423. The summed E-state index contributed by atoms with van der Waals surface area (Å²) >= 11 is 0. The molecule has 3 aromatic rings. The molecule has 0 fully saturated rings. The van der Waals surface area contributed by atoms with Gasteiger partial charge in [0.15, 0.2) is 0 Å². The van der Waals surface area contributed by atoms with Gasteiger partial charge in [-0.2, -0.15) is 5.10 Å². The number of hydrogen-bond acceptors (Lipinski definition) is 6. The van der Waals surface area contributed by atoms with Crippen molar-refractivity contribution >= 4 is 16.2 Å². The molecule has 0 saturated carbocycles. The Morgan fingerprint density at radius 2 is 1.76 bits per heavy atom. The van der Waals surface area contributed by atoms with Gasteiger partial charge in [-0.15, -0.1) is 0 Å². The monoisotopic (exact) mass is 470 g/mol. The highest BCUT2D eigenvalue weighted by Crippen LogP contribution is 2.41. The van der Waals surface area contributed by atoms with E-state index in [4.69, 9.17) is 4.74 Å². The summed E-state index contributed by atoms with van der Waals surface area (Å²) in [4.78, 5) is 28.3. The number of aromatic amines is 1. The van der Waals surface area contributed by atoms with Crippen LogP contribution in [-0.2, 0) is 15.4 Å². The average Bonchev–Trinajstić information content (AvgIpc) is 2.72. The third kappa shape index (κ3) is 5.78. The van der Waals surface area contributed by atoms with E-state index in [1.807, 2.05) is 45.0 Å². The molecule has 3 rings (SSSR count). The minimum Gasteiger partial charge on any atom is -0.496 e. The van der Waals surface area contributed by atoms with Crippen molar-refractivity contribution < 1.29 is 13.2 Å². The molecule has 0 atom stereocenters. The van der Waals surface area contributed by atoms with Crippen LogP contribution < -0.4 is 20.8 Å². The predicted octanol–water partition coefficient (Wildman–Crippen LogP) is 2.38. The molecule has 2 aromatic carbocycles. The molecule has 10 heteroatoms. The lowest BCUT2D eigenvalue weighted by Gasteiger charge is -2.25. The van der Waals surface area contributed by atoms with Crippen LogP contribution in [0.5, 0.6) is 5.75 Å². The van der Waals surface area contributed by atoms with E-state index in [9.17, 15) is 18.0 Å². The number of hydrazone groups is 1. The molecule has 0 radical (unpaired) electrons. The standard InChI is InChI=1S/C23H26N4O5S/c1-23(2,3)19-13-17(27-11-10-20(28)25-22(27)29)12-18(21(19)32-4)16-8-6-15(7-9-16)14-24-26-33(5,30)31/h6-14,26H,1-5H3,(H,25,28,29). The summed E-state index contributed by atoms with van der Waals surface area (Å²) in [5.74, 6) is 0.670. The zero-order chi connectivity index (χ0) is 24.4. The summed E-state index contributed by atoms with van der Waals surface area (Å²) in [5, 5.41) is 3.71. The number of benzene rings is 2. The molecule has 0 aliphatic rings. The Labute approximate surface area is 191 Å². The maximum Gasteiger partial charge on any atom is 0.332 e. The van der Waals surface area contributed by atoms with Gasteiger partial charge in [0.25, 0.3) is 5.56 Å². The number of methoxy groups -OCH3 is 1. The van der Waals surface area contributed by atoms with Crippen LogP contribution >= 0.6 is 0 Å². The van der Waals surface area contributed by atoms with Crippen molar-refractivity contribution in [1.29, 1.82) is 0 Å². The van der Waals surface area contributed by atoms with Gasteiger partial charge < -0.3 is 4.74 Å². The molecule has 1 heterocycles. The van der Waals surface area contributed by atoms with Gasteiger partial charge in [0.05, 0.1) is 25.3 Å². The fraction of sp³-hybridized carbons (Fsp3) is 0.261. The van der Waals surface area contributed by atoms with Crippen LogP contribution in [-0.4, -0.2) is 37.5 Å². The van der Waals surface area contributed by atoms with E-state index in [-0.39, 0.29) is 5.41 Å². The molecular weight excluding hydrogens is 444 g/mol. The molecule has 0 saturated heterocycles. The van der Waals surface area contributed by atoms with Crippen LogP contribution in [0.15, 0.2) is 63.4 Å². The molecule has 0 spiro atoms. The molecular formula is C23H26N4O5S. The van der Waals surface area contributed by atoms with Gasteiger partial charge in [-0.3, -0.25) is 14.3 Å². The van der Waals surface area contributed by atoms with Crippen molar-refractivity contribution in [1.82, 2.24) is 14.4 Å². The second-order valence-electron chi connectivity index (χ2n) is 8.55. The highest BCUT2D eigenvalue weighted by Gasteiger charge is 2.24. The molecule has 1 aromatic heterocycles. The lowest BCUT2D eigenvalue weighted by atomic mass is 9.83. The van der Waals surface area contributed by atoms with Crippen molar-refractivity contribution in [2.24, 2.45) is 5.10 Å². The first-order valence-electron chi connectivity index (χ1n) is 10.0. The number of nitrogens with one attached hydrogen (secondary N) is 2. The fourth-order valence-electron chi connectivity index (χ4n) is 3.31. The molecule has 33 heavy (non-hydrogen) atoms. The highest BCUT2D eigenvalue weighted by molar-refractivity contribution is 7.88. The first kappa shape index (κ1) is 24.0. The van der Waals surface area contributed by atoms with Gasteiger partial charge in [0.1, 0.15) is 5.75 Å². The second kappa shape index (κ2) is 9.07. The third-order valence-electron chi connectivity index (χ3n) is 4.84. The van der Waals surface area contributed by atoms with E-state index >= 15 is 0 Å². The Hall–Kier alpha value is -3.66. The number of sulfonamides is 1. The van der Waals surface area contributed by atoms with Gasteiger partial charge in [0.2, 0.25) is 10.0 Å². The Kier molecular flexibility index (Phi) is 6.59. The Balaban J connectivity index is 2.16. The van der Waals surface area contributed by atoms with E-state index in [0.717, 1.165) is 22.9 Å². The van der Waals surface area contributed by atoms with Crippen molar-refractivity contribution in [2.45, 2.75) is 26.2 Å². The predicted molar refractivity (Wildman–Crippen MR) is 129 cm³/mol. The van der Waals surface area contributed by atoms with Gasteiger partial charge in [-0.05, 0) is 28.7 Å². The largest absolute Gasteiger partial charge is 0.496 e. The molecule has 0 bridgehead atoms. The molecule has 0 amide bonds. The maximum absolute atomic E-state index is 12.4. The Bertz CT molecular complexity index is 1410. The van der Waals surface area contributed by atoms with Crippen molar-refractivity contribution in [3.05, 3.63) is 80.6 Å². The zero-order valence-corrected chi connectivity index (χ0v) is 19.9. The fourth-order valence-corrected chi connectivity index (χ4v) is 3.55. The zero-order valence-electron chi connectivity index (χ0n) is 19.0. The van der Waals surface area contributed by atoms with Crippen LogP contribution in [0.4, 0.5) is 0 Å². The van der Waals surface area contributed by atoms with Gasteiger partial charge in [-0.25, -0.2) is 18.0 Å². The topological polar surface area (TPSA) is 123 Å². The number of H-pyrrole nitrogens is 1. The van der Waals surface area contributed by atoms with Gasteiger partial charge >= 0.3 is 5.69 Å². The number of hydrogen-bond donors (Lipinski definition) is 2. The first-order chi connectivity index (χ1) is 15.4. The number of ether oxygens (including phenoxy) is 1. The number of nitrogens with zero attached hydrogens (tertiary/aromatic N) is 2. The smallest absolute Gasteiger partial charge is 0.332 e. The first-order valence-corrected chi connectivity index (χ1v) is 11.9. The van der Waals surface area contributed by atoms with Crippen LogP contribution in [0, 0.1) is 0 Å². The summed E-state index contributed by atoms with van der Waals surface area (Å²) in [6.07, 6.45) is 3.86. The summed E-state index contributed by atoms with van der Waals surface area (Å²) in [6, 6.07) is 12.3. The van der Waals surface area contributed by atoms with E-state index in [2.05, 4.69) is 14.9 Å². The summed E-state index contributed by atoms with van der Waals surface area (Å²) < 4.78 is 29.5. The number of rotatable bonds is 6. The van der Waals surface area contributed by atoms with Crippen LogP contribution in [0.3, 0.4) is 0 Å². The Morgan fingerprint density at radius 3 is 2.30 bits per heavy atom. The maximum atomic E-state index is 12.4. The second-order valence-corrected chi connectivity index (χ2v) is 10.3. The van der Waals surface area contributed by atoms with Crippen LogP contribution in [0.2, 0.25) is 0 Å². The van der Waals surface area contributed by atoms with Gasteiger partial charge in [0, 0.05) is 23.4 Å². The van der Waals surface area contributed by atoms with Gasteiger partial charge in [-0.1, -0.05) is 45.0 Å². The average molecular weight is 471 g/mol. The normalized spacial score (nSPS) is 12.2. The van der Waals surface area contributed by atoms with E-state index in [1.165, 1.54) is 23.0 Å². The molecule has 2 N–H and O–H groups in total. The SMILES string of the molecule is COc1c(-c2ccc(C=NNS(C)(=O)=O)cc2)cc(-n2ccc(=O)[nH]c2=O)cc1C(C)(C)C. The molecule has 0 unspecified atom stereocenters. The minimum atomic E-state index is -3.43.